The lowest BCUT2D eigenvalue weighted by atomic mass is 10.2. The Morgan fingerprint density at radius 1 is 1.07 bits per heavy atom. The van der Waals surface area contributed by atoms with E-state index in [2.05, 4.69) is 10.6 Å². The van der Waals surface area contributed by atoms with Crippen molar-refractivity contribution in [2.45, 2.75) is 6.18 Å². The Kier molecular flexibility index (Phi) is 5.86. The van der Waals surface area contributed by atoms with Gasteiger partial charge >= 0.3 is 6.18 Å². The minimum Gasteiger partial charge on any atom is -0.465 e. The SMILES string of the molecule is O=C(Nc1cc(C(F)(F)F)c[nH]c1=O)C(=Cc1ccco1)NC(=O)c1ccccc1. The zero-order valence-corrected chi connectivity index (χ0v) is 15.1. The standard InChI is InChI=1S/C20H14F3N3O4/c21-20(22,23)13-9-15(18(28)24-11-13)26-19(29)16(10-14-7-4-8-30-14)25-17(27)12-5-2-1-3-6-12/h1-11H,(H,24,28)(H,25,27)(H,26,29). The van der Waals surface area contributed by atoms with Crippen molar-refractivity contribution < 1.29 is 27.2 Å². The van der Waals surface area contributed by atoms with Gasteiger partial charge in [0.2, 0.25) is 0 Å². The first-order valence-electron chi connectivity index (χ1n) is 8.47. The van der Waals surface area contributed by atoms with Gasteiger partial charge in [0.25, 0.3) is 17.4 Å². The Morgan fingerprint density at radius 2 is 1.80 bits per heavy atom. The maximum absolute atomic E-state index is 12.9. The van der Waals surface area contributed by atoms with Crippen molar-refractivity contribution in [1.29, 1.82) is 0 Å². The van der Waals surface area contributed by atoms with Crippen molar-refractivity contribution in [3.63, 3.8) is 0 Å². The molecule has 0 saturated heterocycles. The van der Waals surface area contributed by atoms with Crippen molar-refractivity contribution in [2.24, 2.45) is 0 Å². The van der Waals surface area contributed by atoms with E-state index in [-0.39, 0.29) is 17.0 Å². The van der Waals surface area contributed by atoms with Gasteiger partial charge in [0.05, 0.1) is 11.8 Å². The number of halogens is 3. The van der Waals surface area contributed by atoms with Crippen molar-refractivity contribution in [3.8, 4) is 0 Å². The summed E-state index contributed by atoms with van der Waals surface area (Å²) in [6, 6.07) is 11.5. The molecule has 2 aromatic heterocycles. The average molecular weight is 417 g/mol. The molecule has 0 aliphatic rings. The predicted molar refractivity (Wildman–Crippen MR) is 101 cm³/mol. The molecule has 3 aromatic rings. The molecular formula is C20H14F3N3O4. The van der Waals surface area contributed by atoms with Gasteiger partial charge < -0.3 is 20.0 Å². The lowest BCUT2D eigenvalue weighted by Gasteiger charge is -2.12. The number of pyridine rings is 1. The maximum atomic E-state index is 12.9. The number of carbonyl (C=O) groups excluding carboxylic acids is 2. The van der Waals surface area contributed by atoms with Crippen LogP contribution in [0.5, 0.6) is 0 Å². The fraction of sp³-hybridized carbons (Fsp3) is 0.0500. The molecule has 0 radical (unpaired) electrons. The summed E-state index contributed by atoms with van der Waals surface area (Å²) in [5, 5.41) is 4.46. The van der Waals surface area contributed by atoms with Gasteiger partial charge in [-0.05, 0) is 30.3 Å². The number of amides is 2. The van der Waals surface area contributed by atoms with Gasteiger partial charge in [-0.1, -0.05) is 18.2 Å². The van der Waals surface area contributed by atoms with E-state index in [0.717, 1.165) is 0 Å². The highest BCUT2D eigenvalue weighted by molar-refractivity contribution is 6.10. The number of hydrogen-bond acceptors (Lipinski definition) is 4. The summed E-state index contributed by atoms with van der Waals surface area (Å²) in [6.45, 7) is 0. The number of furan rings is 1. The number of carbonyl (C=O) groups is 2. The maximum Gasteiger partial charge on any atom is 0.417 e. The van der Waals surface area contributed by atoms with Gasteiger partial charge in [-0.25, -0.2) is 0 Å². The molecule has 0 saturated carbocycles. The summed E-state index contributed by atoms with van der Waals surface area (Å²) in [4.78, 5) is 38.8. The van der Waals surface area contributed by atoms with Crippen LogP contribution in [0.15, 0.2) is 75.9 Å². The van der Waals surface area contributed by atoms with E-state index in [4.69, 9.17) is 4.42 Å². The number of aromatic amines is 1. The molecular weight excluding hydrogens is 403 g/mol. The van der Waals surface area contributed by atoms with Crippen LogP contribution >= 0.6 is 0 Å². The van der Waals surface area contributed by atoms with Gasteiger partial charge in [0.15, 0.2) is 0 Å². The number of alkyl halides is 3. The number of nitrogens with one attached hydrogen (secondary N) is 3. The molecule has 0 spiro atoms. The van der Waals surface area contributed by atoms with Crippen LogP contribution in [0.2, 0.25) is 0 Å². The fourth-order valence-electron chi connectivity index (χ4n) is 2.39. The number of benzene rings is 1. The van der Waals surface area contributed by atoms with Crippen LogP contribution in [-0.2, 0) is 11.0 Å². The lowest BCUT2D eigenvalue weighted by molar-refractivity contribution is -0.137. The van der Waals surface area contributed by atoms with E-state index < -0.39 is 34.8 Å². The molecule has 0 fully saturated rings. The highest BCUT2D eigenvalue weighted by Crippen LogP contribution is 2.29. The Hall–Kier alpha value is -4.08. The van der Waals surface area contributed by atoms with Crippen LogP contribution in [0.1, 0.15) is 21.7 Å². The predicted octanol–water partition coefficient (Wildman–Crippen LogP) is 3.40. The molecule has 0 bridgehead atoms. The summed E-state index contributed by atoms with van der Waals surface area (Å²) in [6.07, 6.45) is -1.72. The minimum atomic E-state index is -4.72. The van der Waals surface area contributed by atoms with Crippen LogP contribution in [0.25, 0.3) is 6.08 Å². The van der Waals surface area contributed by atoms with Crippen LogP contribution in [-0.4, -0.2) is 16.8 Å². The average Bonchev–Trinajstić information content (AvgIpc) is 3.22. The zero-order chi connectivity index (χ0) is 21.7. The quantitative estimate of drug-likeness (QED) is 0.554. The molecule has 3 N–H and O–H groups in total. The van der Waals surface area contributed by atoms with Crippen molar-refractivity contribution in [2.75, 3.05) is 5.32 Å². The summed E-state index contributed by atoms with van der Waals surface area (Å²) < 4.78 is 43.8. The summed E-state index contributed by atoms with van der Waals surface area (Å²) in [5.41, 5.74) is -2.82. The molecule has 2 amide bonds. The number of hydrogen-bond donors (Lipinski definition) is 3. The normalized spacial score (nSPS) is 11.8. The van der Waals surface area contributed by atoms with Crippen molar-refractivity contribution >= 4 is 23.6 Å². The summed E-state index contributed by atoms with van der Waals surface area (Å²) in [7, 11) is 0. The molecule has 2 heterocycles. The molecule has 154 valence electrons. The number of rotatable bonds is 5. The molecule has 0 aliphatic heterocycles. The largest absolute Gasteiger partial charge is 0.465 e. The van der Waals surface area contributed by atoms with Gasteiger partial charge in [-0.15, -0.1) is 0 Å². The smallest absolute Gasteiger partial charge is 0.417 e. The van der Waals surface area contributed by atoms with Gasteiger partial charge in [-0.2, -0.15) is 13.2 Å². The zero-order valence-electron chi connectivity index (χ0n) is 15.1. The lowest BCUT2D eigenvalue weighted by Crippen LogP contribution is -2.32. The number of H-pyrrole nitrogens is 1. The third-order valence-electron chi connectivity index (χ3n) is 3.84. The van der Waals surface area contributed by atoms with E-state index >= 15 is 0 Å². The van der Waals surface area contributed by atoms with E-state index in [0.29, 0.717) is 12.3 Å². The third kappa shape index (κ3) is 5.04. The first kappa shape index (κ1) is 20.6. The second-order valence-corrected chi connectivity index (χ2v) is 5.98. The van der Waals surface area contributed by atoms with Crippen LogP contribution in [0.4, 0.5) is 18.9 Å². The molecule has 0 aliphatic carbocycles. The molecule has 0 atom stereocenters. The molecule has 1 aromatic carbocycles. The molecule has 30 heavy (non-hydrogen) atoms. The second kappa shape index (κ2) is 8.52. The molecule has 10 heteroatoms. The molecule has 0 unspecified atom stereocenters. The first-order valence-corrected chi connectivity index (χ1v) is 8.47. The third-order valence-corrected chi connectivity index (χ3v) is 3.84. The van der Waals surface area contributed by atoms with Crippen LogP contribution in [0.3, 0.4) is 0 Å². The molecule has 7 nitrogen and oxygen atoms in total. The first-order chi connectivity index (χ1) is 14.2. The Labute approximate surface area is 167 Å². The fourth-order valence-corrected chi connectivity index (χ4v) is 2.39. The Balaban J connectivity index is 1.90. The van der Waals surface area contributed by atoms with Crippen LogP contribution in [0, 0.1) is 0 Å². The van der Waals surface area contributed by atoms with E-state index in [9.17, 15) is 27.6 Å². The monoisotopic (exact) mass is 417 g/mol. The Bertz CT molecular complexity index is 1130. The molecule has 3 rings (SSSR count). The van der Waals surface area contributed by atoms with Gasteiger partial charge in [-0.3, -0.25) is 14.4 Å². The minimum absolute atomic E-state index is 0.200. The highest BCUT2D eigenvalue weighted by Gasteiger charge is 2.31. The Morgan fingerprint density at radius 3 is 2.43 bits per heavy atom. The summed E-state index contributed by atoms with van der Waals surface area (Å²) >= 11 is 0. The van der Waals surface area contributed by atoms with Crippen LogP contribution < -0.4 is 16.2 Å². The van der Waals surface area contributed by atoms with Crippen molar-refractivity contribution in [1.82, 2.24) is 10.3 Å². The van der Waals surface area contributed by atoms with E-state index in [1.54, 1.807) is 18.2 Å². The van der Waals surface area contributed by atoms with E-state index in [1.807, 2.05) is 4.98 Å². The highest BCUT2D eigenvalue weighted by atomic mass is 19.4. The number of anilines is 1. The topological polar surface area (TPSA) is 104 Å². The van der Waals surface area contributed by atoms with Gasteiger partial charge in [0, 0.05) is 17.8 Å². The summed E-state index contributed by atoms with van der Waals surface area (Å²) in [5.74, 6) is -1.45. The van der Waals surface area contributed by atoms with E-state index in [1.165, 1.54) is 36.6 Å². The number of aromatic nitrogens is 1. The second-order valence-electron chi connectivity index (χ2n) is 5.98. The van der Waals surface area contributed by atoms with Crippen molar-refractivity contribution in [3.05, 3.63) is 93.9 Å². The van der Waals surface area contributed by atoms with Gasteiger partial charge in [0.1, 0.15) is 17.1 Å².